The lowest BCUT2D eigenvalue weighted by molar-refractivity contribution is 0.598. The number of unbranched alkanes of at least 4 members (excludes halogenated alkanes) is 1. The first-order valence-electron chi connectivity index (χ1n) is 3.14. The molecule has 0 heterocycles. The lowest BCUT2D eigenvalue weighted by Crippen LogP contribution is -2.03. The first-order chi connectivity index (χ1) is 4.12. The van der Waals surface area contributed by atoms with Gasteiger partial charge in [-0.1, -0.05) is 13.3 Å². The molecule has 0 bridgehead atoms. The van der Waals surface area contributed by atoms with Gasteiger partial charge in [0.15, 0.2) is 9.84 Å². The number of hydrogen-bond acceptors (Lipinski definition) is 2. The first-order valence-corrected chi connectivity index (χ1v) is 4.86. The number of sulfone groups is 1. The van der Waals surface area contributed by atoms with Crippen molar-refractivity contribution in [2.75, 3.05) is 5.75 Å². The van der Waals surface area contributed by atoms with Crippen LogP contribution < -0.4 is 0 Å². The third-order valence-electron chi connectivity index (χ3n) is 1.14. The summed E-state index contributed by atoms with van der Waals surface area (Å²) in [5.41, 5.74) is 0. The van der Waals surface area contributed by atoms with Gasteiger partial charge in [-0.3, -0.25) is 0 Å². The van der Waals surface area contributed by atoms with Gasteiger partial charge in [0.25, 0.3) is 0 Å². The maximum Gasteiger partial charge on any atom is 0.154 e. The van der Waals surface area contributed by atoms with Crippen LogP contribution in [0.5, 0.6) is 0 Å². The second-order valence-corrected chi connectivity index (χ2v) is 4.16. The molecule has 0 fully saturated rings. The van der Waals surface area contributed by atoms with E-state index in [-0.39, 0.29) is 0 Å². The highest BCUT2D eigenvalue weighted by atomic mass is 32.2. The SMILES string of the molecule is C[CH]S(=O)(=O)CCCC. The lowest BCUT2D eigenvalue weighted by Gasteiger charge is -1.95. The van der Waals surface area contributed by atoms with E-state index in [4.69, 9.17) is 0 Å². The van der Waals surface area contributed by atoms with E-state index in [2.05, 4.69) is 0 Å². The van der Waals surface area contributed by atoms with Crippen LogP contribution in [0.25, 0.3) is 0 Å². The maximum atomic E-state index is 10.7. The highest BCUT2D eigenvalue weighted by Gasteiger charge is 2.04. The zero-order valence-corrected chi connectivity index (χ0v) is 6.74. The molecule has 55 valence electrons. The average Bonchev–Trinajstić information content (AvgIpc) is 1.84. The van der Waals surface area contributed by atoms with Gasteiger partial charge in [0.1, 0.15) is 0 Å². The summed E-state index contributed by atoms with van der Waals surface area (Å²) in [7, 11) is -2.81. The molecule has 0 aliphatic carbocycles. The quantitative estimate of drug-likeness (QED) is 0.605. The van der Waals surface area contributed by atoms with Gasteiger partial charge in [-0.15, -0.1) is 0 Å². The van der Waals surface area contributed by atoms with E-state index in [9.17, 15) is 8.42 Å². The molecule has 0 saturated heterocycles. The van der Waals surface area contributed by atoms with Crippen LogP contribution in [0, 0.1) is 5.75 Å². The van der Waals surface area contributed by atoms with Gasteiger partial charge in [0.05, 0.1) is 11.5 Å². The minimum absolute atomic E-state index is 0.306. The van der Waals surface area contributed by atoms with Gasteiger partial charge in [0.2, 0.25) is 0 Å². The Kier molecular flexibility index (Phi) is 3.86. The lowest BCUT2D eigenvalue weighted by atomic mass is 10.4. The normalized spacial score (nSPS) is 11.8. The van der Waals surface area contributed by atoms with Gasteiger partial charge in [0, 0.05) is 0 Å². The summed E-state index contributed by atoms with van der Waals surface area (Å²) in [4.78, 5) is 0. The van der Waals surface area contributed by atoms with Crippen molar-refractivity contribution in [3.05, 3.63) is 5.75 Å². The van der Waals surface area contributed by atoms with Crippen LogP contribution in [-0.4, -0.2) is 14.2 Å². The zero-order chi connectivity index (χ0) is 7.33. The molecule has 0 aliphatic heterocycles. The molecule has 0 aliphatic rings. The Morgan fingerprint density at radius 3 is 2.33 bits per heavy atom. The van der Waals surface area contributed by atoms with Crippen LogP contribution in [0.2, 0.25) is 0 Å². The Morgan fingerprint density at radius 1 is 1.44 bits per heavy atom. The molecule has 2 nitrogen and oxygen atoms in total. The van der Waals surface area contributed by atoms with E-state index in [0.717, 1.165) is 12.8 Å². The number of hydrogen-bond donors (Lipinski definition) is 0. The molecule has 1 radical (unpaired) electrons. The predicted octanol–water partition coefficient (Wildman–Crippen LogP) is 1.38. The van der Waals surface area contributed by atoms with Gasteiger partial charge in [-0.05, 0) is 13.3 Å². The molecule has 0 saturated carbocycles. The van der Waals surface area contributed by atoms with Crippen molar-refractivity contribution in [3.63, 3.8) is 0 Å². The summed E-state index contributed by atoms with van der Waals surface area (Å²) >= 11 is 0. The van der Waals surface area contributed by atoms with Crippen LogP contribution in [0.4, 0.5) is 0 Å². The minimum atomic E-state index is -2.81. The van der Waals surface area contributed by atoms with Crippen LogP contribution in [0.1, 0.15) is 26.7 Å². The van der Waals surface area contributed by atoms with E-state index in [1.807, 2.05) is 6.92 Å². The molecular weight excluding hydrogens is 136 g/mol. The molecule has 0 atom stereocenters. The third-order valence-corrected chi connectivity index (χ3v) is 2.72. The second kappa shape index (κ2) is 3.88. The van der Waals surface area contributed by atoms with Crippen LogP contribution in [-0.2, 0) is 9.84 Å². The topological polar surface area (TPSA) is 34.1 Å². The minimum Gasteiger partial charge on any atom is -0.229 e. The van der Waals surface area contributed by atoms with Crippen LogP contribution in [0.3, 0.4) is 0 Å². The van der Waals surface area contributed by atoms with Crippen molar-refractivity contribution in [1.29, 1.82) is 0 Å². The van der Waals surface area contributed by atoms with Crippen LogP contribution >= 0.6 is 0 Å². The van der Waals surface area contributed by atoms with Gasteiger partial charge in [-0.2, -0.15) is 0 Å². The largest absolute Gasteiger partial charge is 0.229 e. The summed E-state index contributed by atoms with van der Waals surface area (Å²) in [6, 6.07) is 0. The van der Waals surface area contributed by atoms with Crippen molar-refractivity contribution in [3.8, 4) is 0 Å². The first kappa shape index (κ1) is 8.95. The molecule has 0 rings (SSSR count). The summed E-state index contributed by atoms with van der Waals surface area (Å²) < 4.78 is 21.4. The molecule has 0 spiro atoms. The van der Waals surface area contributed by atoms with E-state index in [0.29, 0.717) is 5.75 Å². The monoisotopic (exact) mass is 149 g/mol. The standard InChI is InChI=1S/C6H13O2S/c1-3-5-6-9(7,8)4-2/h4H,3,5-6H2,1-2H3. The summed E-state index contributed by atoms with van der Waals surface area (Å²) in [5.74, 6) is 1.57. The van der Waals surface area contributed by atoms with Crippen molar-refractivity contribution in [2.24, 2.45) is 0 Å². The Balaban J connectivity index is 3.61. The smallest absolute Gasteiger partial charge is 0.154 e. The molecule has 9 heavy (non-hydrogen) atoms. The fourth-order valence-corrected chi connectivity index (χ4v) is 1.39. The van der Waals surface area contributed by atoms with Gasteiger partial charge >= 0.3 is 0 Å². The Hall–Kier alpha value is -0.0500. The Bertz CT molecular complexity index is 146. The summed E-state index contributed by atoms with van der Waals surface area (Å²) in [5, 5.41) is 0. The van der Waals surface area contributed by atoms with E-state index in [1.165, 1.54) is 5.75 Å². The van der Waals surface area contributed by atoms with Crippen molar-refractivity contribution in [1.82, 2.24) is 0 Å². The molecular formula is C6H13O2S. The molecule has 0 amide bonds. The summed E-state index contributed by atoms with van der Waals surface area (Å²) in [6.45, 7) is 3.54. The van der Waals surface area contributed by atoms with Crippen LogP contribution in [0.15, 0.2) is 0 Å². The van der Waals surface area contributed by atoms with Gasteiger partial charge in [-0.25, -0.2) is 8.42 Å². The Morgan fingerprint density at radius 2 is 2.00 bits per heavy atom. The maximum absolute atomic E-state index is 10.7. The molecule has 0 aromatic rings. The fraction of sp³-hybridized carbons (Fsp3) is 0.833. The Labute approximate surface area is 57.2 Å². The zero-order valence-electron chi connectivity index (χ0n) is 5.92. The van der Waals surface area contributed by atoms with Crippen molar-refractivity contribution >= 4 is 9.84 Å². The molecule has 0 aromatic carbocycles. The van der Waals surface area contributed by atoms with Crippen molar-refractivity contribution in [2.45, 2.75) is 26.7 Å². The average molecular weight is 149 g/mol. The number of rotatable bonds is 4. The third kappa shape index (κ3) is 4.45. The van der Waals surface area contributed by atoms with E-state index >= 15 is 0 Å². The molecule has 0 unspecified atom stereocenters. The summed E-state index contributed by atoms with van der Waals surface area (Å²) in [6.07, 6.45) is 1.71. The predicted molar refractivity (Wildman–Crippen MR) is 38.7 cm³/mol. The molecule has 0 N–H and O–H groups in total. The highest BCUT2D eigenvalue weighted by molar-refractivity contribution is 7.93. The fourth-order valence-electron chi connectivity index (χ4n) is 0.463. The molecule has 3 heteroatoms. The molecule has 0 aromatic heterocycles. The van der Waals surface area contributed by atoms with E-state index in [1.54, 1.807) is 6.92 Å². The van der Waals surface area contributed by atoms with E-state index < -0.39 is 9.84 Å². The highest BCUT2D eigenvalue weighted by Crippen LogP contribution is 1.98. The second-order valence-electron chi connectivity index (χ2n) is 1.96. The van der Waals surface area contributed by atoms with Gasteiger partial charge < -0.3 is 0 Å². The van der Waals surface area contributed by atoms with Crippen molar-refractivity contribution < 1.29 is 8.42 Å².